The van der Waals surface area contributed by atoms with Gasteiger partial charge in [-0.15, -0.1) is 0 Å². The second kappa shape index (κ2) is 5.58. The highest BCUT2D eigenvalue weighted by atomic mass is 16.3. The van der Waals surface area contributed by atoms with Gasteiger partial charge < -0.3 is 9.73 Å². The molecule has 0 fully saturated rings. The summed E-state index contributed by atoms with van der Waals surface area (Å²) >= 11 is 0. The van der Waals surface area contributed by atoms with E-state index in [0.717, 1.165) is 5.56 Å². The highest BCUT2D eigenvalue weighted by molar-refractivity contribution is 6.03. The predicted octanol–water partition coefficient (Wildman–Crippen LogP) is 2.27. The van der Waals surface area contributed by atoms with Crippen molar-refractivity contribution < 1.29 is 9.21 Å². The monoisotopic (exact) mass is 283 g/mol. The van der Waals surface area contributed by atoms with Gasteiger partial charge >= 0.3 is 0 Å². The molecule has 0 radical (unpaired) electrons. The van der Waals surface area contributed by atoms with E-state index in [4.69, 9.17) is 4.42 Å². The molecule has 21 heavy (non-hydrogen) atoms. The highest BCUT2D eigenvalue weighted by Gasteiger charge is 2.15. The second-order valence-corrected chi connectivity index (χ2v) is 4.34. The SMILES string of the molecule is CCc1ocnc1C(=O)Nc1ccc(-c2ncn[nH]2)cc1. The van der Waals surface area contributed by atoms with Crippen LogP contribution in [0.25, 0.3) is 11.4 Å². The Hall–Kier alpha value is -2.96. The van der Waals surface area contributed by atoms with Crippen molar-refractivity contribution in [2.45, 2.75) is 13.3 Å². The molecule has 0 aliphatic rings. The van der Waals surface area contributed by atoms with Crippen LogP contribution < -0.4 is 5.32 Å². The van der Waals surface area contributed by atoms with E-state index >= 15 is 0 Å². The second-order valence-electron chi connectivity index (χ2n) is 4.34. The number of anilines is 1. The summed E-state index contributed by atoms with van der Waals surface area (Å²) in [5, 5.41) is 9.36. The summed E-state index contributed by atoms with van der Waals surface area (Å²) < 4.78 is 5.15. The number of aromatic nitrogens is 4. The number of oxazole rings is 1. The van der Waals surface area contributed by atoms with E-state index in [1.165, 1.54) is 12.7 Å². The Morgan fingerprint density at radius 1 is 1.29 bits per heavy atom. The summed E-state index contributed by atoms with van der Waals surface area (Å²) in [5.74, 6) is 0.969. The molecular formula is C14H13N5O2. The van der Waals surface area contributed by atoms with E-state index < -0.39 is 0 Å². The number of aryl methyl sites for hydroxylation is 1. The number of carbonyl (C=O) groups excluding carboxylic acids is 1. The van der Waals surface area contributed by atoms with Gasteiger partial charge in [0.2, 0.25) is 0 Å². The highest BCUT2D eigenvalue weighted by Crippen LogP contribution is 2.18. The Bertz CT molecular complexity index is 731. The number of aromatic amines is 1. The van der Waals surface area contributed by atoms with Gasteiger partial charge in [-0.25, -0.2) is 9.97 Å². The van der Waals surface area contributed by atoms with Crippen LogP contribution in [0.15, 0.2) is 41.4 Å². The molecule has 2 aromatic heterocycles. The molecule has 3 aromatic rings. The first-order valence-corrected chi connectivity index (χ1v) is 6.47. The molecule has 2 N–H and O–H groups in total. The first kappa shape index (κ1) is 13.0. The van der Waals surface area contributed by atoms with Crippen molar-refractivity contribution in [2.24, 2.45) is 0 Å². The molecule has 0 aliphatic heterocycles. The van der Waals surface area contributed by atoms with Crippen molar-refractivity contribution in [1.82, 2.24) is 20.2 Å². The third kappa shape index (κ3) is 2.66. The maximum Gasteiger partial charge on any atom is 0.277 e. The molecule has 2 heterocycles. The van der Waals surface area contributed by atoms with Crippen LogP contribution in [-0.4, -0.2) is 26.1 Å². The molecule has 0 spiro atoms. The van der Waals surface area contributed by atoms with Gasteiger partial charge in [0.25, 0.3) is 5.91 Å². The van der Waals surface area contributed by atoms with Crippen LogP contribution in [0.4, 0.5) is 5.69 Å². The third-order valence-electron chi connectivity index (χ3n) is 3.01. The summed E-state index contributed by atoms with van der Waals surface area (Å²) in [6, 6.07) is 7.28. The first-order chi connectivity index (χ1) is 10.3. The summed E-state index contributed by atoms with van der Waals surface area (Å²) in [6.07, 6.45) is 3.34. The Labute approximate surface area is 120 Å². The largest absolute Gasteiger partial charge is 0.448 e. The fraction of sp³-hybridized carbons (Fsp3) is 0.143. The number of hydrogen-bond acceptors (Lipinski definition) is 5. The molecular weight excluding hydrogens is 270 g/mol. The van der Waals surface area contributed by atoms with Crippen molar-refractivity contribution in [3.05, 3.63) is 48.4 Å². The molecule has 106 valence electrons. The fourth-order valence-corrected chi connectivity index (χ4v) is 1.95. The predicted molar refractivity (Wildman–Crippen MR) is 75.7 cm³/mol. The number of nitrogens with zero attached hydrogens (tertiary/aromatic N) is 3. The van der Waals surface area contributed by atoms with Gasteiger partial charge in [0.05, 0.1) is 0 Å². The Kier molecular flexibility index (Phi) is 3.46. The quantitative estimate of drug-likeness (QED) is 0.765. The molecule has 0 bridgehead atoms. The van der Waals surface area contributed by atoms with Crippen molar-refractivity contribution >= 4 is 11.6 Å². The maximum atomic E-state index is 12.1. The Balaban J connectivity index is 1.75. The van der Waals surface area contributed by atoms with Crippen LogP contribution in [0, 0.1) is 0 Å². The minimum atomic E-state index is -0.284. The number of benzene rings is 1. The van der Waals surface area contributed by atoms with E-state index in [0.29, 0.717) is 29.4 Å². The average Bonchev–Trinajstić information content (AvgIpc) is 3.19. The lowest BCUT2D eigenvalue weighted by atomic mass is 10.2. The van der Waals surface area contributed by atoms with Crippen molar-refractivity contribution in [1.29, 1.82) is 0 Å². The number of carbonyl (C=O) groups is 1. The van der Waals surface area contributed by atoms with Crippen LogP contribution in [-0.2, 0) is 6.42 Å². The molecule has 0 atom stereocenters. The van der Waals surface area contributed by atoms with E-state index in [1.807, 2.05) is 19.1 Å². The topological polar surface area (TPSA) is 96.7 Å². The zero-order valence-corrected chi connectivity index (χ0v) is 11.3. The van der Waals surface area contributed by atoms with E-state index in [-0.39, 0.29) is 5.91 Å². The maximum absolute atomic E-state index is 12.1. The standard InChI is InChI=1S/C14H13N5O2/c1-2-11-12(16-8-21-11)14(20)18-10-5-3-9(4-6-10)13-15-7-17-19-13/h3-8H,2H2,1H3,(H,18,20)(H,15,17,19). The lowest BCUT2D eigenvalue weighted by Gasteiger charge is -2.04. The van der Waals surface area contributed by atoms with Gasteiger partial charge in [0.1, 0.15) is 12.1 Å². The van der Waals surface area contributed by atoms with Crippen molar-refractivity contribution in [2.75, 3.05) is 5.32 Å². The van der Waals surface area contributed by atoms with E-state index in [2.05, 4.69) is 25.5 Å². The molecule has 1 amide bonds. The van der Waals surface area contributed by atoms with Gasteiger partial charge in [-0.05, 0) is 24.3 Å². The summed E-state index contributed by atoms with van der Waals surface area (Å²) in [5.41, 5.74) is 1.88. The van der Waals surface area contributed by atoms with Gasteiger partial charge in [0, 0.05) is 17.7 Å². The number of amides is 1. The smallest absolute Gasteiger partial charge is 0.277 e. The third-order valence-corrected chi connectivity index (χ3v) is 3.01. The summed E-state index contributed by atoms with van der Waals surface area (Å²) in [6.45, 7) is 1.91. The fourth-order valence-electron chi connectivity index (χ4n) is 1.95. The van der Waals surface area contributed by atoms with Gasteiger partial charge in [-0.3, -0.25) is 9.89 Å². The minimum absolute atomic E-state index is 0.284. The van der Waals surface area contributed by atoms with E-state index in [9.17, 15) is 4.79 Å². The van der Waals surface area contributed by atoms with Crippen molar-refractivity contribution in [3.63, 3.8) is 0 Å². The van der Waals surface area contributed by atoms with Crippen molar-refractivity contribution in [3.8, 4) is 11.4 Å². The normalized spacial score (nSPS) is 10.5. The molecule has 0 unspecified atom stereocenters. The number of rotatable bonds is 4. The zero-order valence-electron chi connectivity index (χ0n) is 11.3. The molecule has 0 aliphatic carbocycles. The molecule has 0 saturated carbocycles. The van der Waals surface area contributed by atoms with Crippen LogP contribution in [0.5, 0.6) is 0 Å². The molecule has 0 saturated heterocycles. The zero-order chi connectivity index (χ0) is 14.7. The van der Waals surface area contributed by atoms with E-state index in [1.54, 1.807) is 12.1 Å². The molecule has 7 heteroatoms. The van der Waals surface area contributed by atoms with Crippen LogP contribution in [0.2, 0.25) is 0 Å². The van der Waals surface area contributed by atoms with Crippen LogP contribution >= 0.6 is 0 Å². The Morgan fingerprint density at radius 3 is 2.76 bits per heavy atom. The number of H-pyrrole nitrogens is 1. The number of hydrogen-bond donors (Lipinski definition) is 2. The molecule has 1 aromatic carbocycles. The van der Waals surface area contributed by atoms with Gasteiger partial charge in [-0.2, -0.15) is 5.10 Å². The van der Waals surface area contributed by atoms with Crippen LogP contribution in [0.1, 0.15) is 23.2 Å². The minimum Gasteiger partial charge on any atom is -0.448 e. The molecule has 7 nitrogen and oxygen atoms in total. The Morgan fingerprint density at radius 2 is 2.10 bits per heavy atom. The van der Waals surface area contributed by atoms with Gasteiger partial charge in [-0.1, -0.05) is 6.92 Å². The average molecular weight is 283 g/mol. The lowest BCUT2D eigenvalue weighted by molar-refractivity contribution is 0.102. The summed E-state index contributed by atoms with van der Waals surface area (Å²) in [7, 11) is 0. The summed E-state index contributed by atoms with van der Waals surface area (Å²) in [4.78, 5) is 20.1. The molecule has 3 rings (SSSR count). The number of nitrogens with one attached hydrogen (secondary N) is 2. The first-order valence-electron chi connectivity index (χ1n) is 6.47. The lowest BCUT2D eigenvalue weighted by Crippen LogP contribution is -2.14. The van der Waals surface area contributed by atoms with Crippen LogP contribution in [0.3, 0.4) is 0 Å². The van der Waals surface area contributed by atoms with Gasteiger partial charge in [0.15, 0.2) is 17.9 Å².